The molecule has 2 heterocycles. The standard InChI is InChI=1S/C13H9N.C10H13NO4.C2H4O2.ClH.HNO3.2H3N.Pt/c1-2-6-11-10(5-1)9-14-13-8-4-3-7-12(11)13;12-8-5-6-9(13)11(8)7-3-1-2-4-10(14)15;3-1-2-4;;2-1(3)4;;;/h1-9H;5-6H,1-4,7H2,(H,14,15);1-2H2;1H;(H,2,3,4);2*1H3;/q;;-2;;;;;+4/p-2. The summed E-state index contributed by atoms with van der Waals surface area (Å²) in [5.41, 5.74) is 1.06. The summed E-state index contributed by atoms with van der Waals surface area (Å²) in [4.78, 5) is 46.1. The Balaban J connectivity index is -0.000000246. The van der Waals surface area contributed by atoms with E-state index in [2.05, 4.69) is 35.3 Å². The Labute approximate surface area is 257 Å². The number of fused-ring (bicyclic) bond motifs is 3. The Bertz CT molecular complexity index is 1160. The quantitative estimate of drug-likeness (QED) is 0.0727. The number of rotatable bonds is 7. The third kappa shape index (κ3) is 17.7. The zero-order chi connectivity index (χ0) is 27.6. The molecule has 0 saturated heterocycles. The van der Waals surface area contributed by atoms with Crippen LogP contribution < -0.4 is 40.0 Å². The number of nitrogens with zero attached hydrogens (tertiary/aromatic N) is 3. The van der Waals surface area contributed by atoms with Crippen LogP contribution in [0.4, 0.5) is 0 Å². The van der Waals surface area contributed by atoms with Gasteiger partial charge in [0.1, 0.15) is 0 Å². The van der Waals surface area contributed by atoms with Crippen molar-refractivity contribution in [2.75, 3.05) is 19.8 Å². The maximum atomic E-state index is 11.1. The Hall–Kier alpha value is -3.52. The Morgan fingerprint density at radius 1 is 0.878 bits per heavy atom. The number of aromatic nitrogens is 1. The SMILES string of the molecule is N.N.O=C([O-])CCCCCN1C(=O)C=CC1=O.O=[N+]([O-])O.[Cl-].[O-]CC[O-].[Pt+4].c1ccc2c(c1)cnc1ccccc12. The number of hydrogen-bond acceptors (Lipinski definition) is 11. The number of benzene rings is 2. The van der Waals surface area contributed by atoms with E-state index in [4.69, 9.17) is 25.5 Å². The average Bonchev–Trinajstić information content (AvgIpc) is 3.20. The van der Waals surface area contributed by atoms with Gasteiger partial charge in [-0.2, -0.15) is 13.2 Å². The molecule has 7 N–H and O–H groups in total. The van der Waals surface area contributed by atoms with E-state index in [1.165, 1.54) is 28.3 Å². The Morgan fingerprint density at radius 3 is 1.88 bits per heavy atom. The fourth-order valence-corrected chi connectivity index (χ4v) is 3.18. The molecule has 1 aromatic heterocycles. The molecular formula is C25H32ClN5O9Pt. The average molecular weight is 777 g/mol. The number of para-hydroxylation sites is 1. The number of pyridine rings is 1. The molecule has 0 aliphatic carbocycles. The number of carboxylic acids is 1. The van der Waals surface area contributed by atoms with Crippen LogP contribution in [0.2, 0.25) is 0 Å². The molecule has 0 spiro atoms. The van der Waals surface area contributed by atoms with Gasteiger partial charge in [0.05, 0.1) is 5.52 Å². The minimum absolute atomic E-state index is 0. The van der Waals surface area contributed by atoms with Crippen LogP contribution in [0.15, 0.2) is 66.9 Å². The molecule has 2 amide bonds. The van der Waals surface area contributed by atoms with Gasteiger partial charge in [0.15, 0.2) is 0 Å². The maximum absolute atomic E-state index is 11.1. The van der Waals surface area contributed by atoms with E-state index < -0.39 is 24.3 Å². The minimum Gasteiger partial charge on any atom is -1.00 e. The number of aliphatic carboxylic acids is 1. The van der Waals surface area contributed by atoms with Crippen molar-refractivity contribution in [1.82, 2.24) is 22.2 Å². The van der Waals surface area contributed by atoms with Gasteiger partial charge in [-0.3, -0.25) is 19.5 Å². The molecule has 1 aliphatic heterocycles. The monoisotopic (exact) mass is 776 g/mol. The summed E-state index contributed by atoms with van der Waals surface area (Å²) in [6.07, 6.45) is 6.26. The zero-order valence-corrected chi connectivity index (χ0v) is 25.0. The van der Waals surface area contributed by atoms with Crippen molar-refractivity contribution >= 4 is 39.5 Å². The third-order valence-electron chi connectivity index (χ3n) is 4.74. The second kappa shape index (κ2) is 25.4. The normalized spacial score (nSPS) is 10.5. The van der Waals surface area contributed by atoms with Crippen molar-refractivity contribution in [2.45, 2.75) is 25.7 Å². The third-order valence-corrected chi connectivity index (χ3v) is 4.74. The summed E-state index contributed by atoms with van der Waals surface area (Å²) < 4.78 is 0. The van der Waals surface area contributed by atoms with Gasteiger partial charge in [-0.05, 0) is 30.7 Å². The minimum atomic E-state index is -1.50. The molecule has 1 aliphatic rings. The van der Waals surface area contributed by atoms with Crippen LogP contribution >= 0.6 is 0 Å². The van der Waals surface area contributed by atoms with Crippen molar-refractivity contribution in [3.63, 3.8) is 0 Å². The molecule has 0 bridgehead atoms. The van der Waals surface area contributed by atoms with E-state index in [-0.39, 0.29) is 64.0 Å². The van der Waals surface area contributed by atoms with Crippen molar-refractivity contribution in [2.24, 2.45) is 0 Å². The summed E-state index contributed by atoms with van der Waals surface area (Å²) >= 11 is 0. The van der Waals surface area contributed by atoms with Gasteiger partial charge in [-0.15, -0.1) is 10.1 Å². The van der Waals surface area contributed by atoms with Crippen LogP contribution in [0, 0.1) is 10.1 Å². The maximum Gasteiger partial charge on any atom is 4.00 e. The first kappa shape index (κ1) is 44.5. The number of carbonyl (C=O) groups excluding carboxylic acids is 3. The largest absolute Gasteiger partial charge is 4.00 e. The second-order valence-corrected chi connectivity index (χ2v) is 7.35. The van der Waals surface area contributed by atoms with Gasteiger partial charge in [-0.1, -0.05) is 48.9 Å². The predicted molar refractivity (Wildman–Crippen MR) is 137 cm³/mol. The van der Waals surface area contributed by atoms with Crippen LogP contribution in [0.5, 0.6) is 0 Å². The van der Waals surface area contributed by atoms with E-state index in [1.54, 1.807) is 0 Å². The summed E-state index contributed by atoms with van der Waals surface area (Å²) in [5.74, 6) is -1.65. The second-order valence-electron chi connectivity index (χ2n) is 7.35. The van der Waals surface area contributed by atoms with Gasteiger partial charge < -0.3 is 50.0 Å². The van der Waals surface area contributed by atoms with Crippen LogP contribution in [0.25, 0.3) is 21.7 Å². The molecule has 41 heavy (non-hydrogen) atoms. The molecule has 16 heteroatoms. The van der Waals surface area contributed by atoms with Crippen LogP contribution in [-0.2, 0) is 35.4 Å². The number of carboxylic acid groups (broad SMARTS) is 1. The molecule has 0 unspecified atom stereocenters. The number of amides is 2. The molecule has 3 aromatic rings. The van der Waals surface area contributed by atoms with E-state index >= 15 is 0 Å². The number of carbonyl (C=O) groups is 3. The summed E-state index contributed by atoms with van der Waals surface area (Å²) in [5, 5.41) is 45.4. The van der Waals surface area contributed by atoms with E-state index in [0.29, 0.717) is 25.8 Å². The summed E-state index contributed by atoms with van der Waals surface area (Å²) in [7, 11) is 0. The van der Waals surface area contributed by atoms with Crippen molar-refractivity contribution in [3.05, 3.63) is 77.0 Å². The molecule has 0 atom stereocenters. The van der Waals surface area contributed by atoms with E-state index in [9.17, 15) is 19.5 Å². The van der Waals surface area contributed by atoms with Gasteiger partial charge in [0.25, 0.3) is 16.9 Å². The van der Waals surface area contributed by atoms with Crippen molar-refractivity contribution in [1.29, 1.82) is 0 Å². The zero-order valence-electron chi connectivity index (χ0n) is 22.0. The molecule has 228 valence electrons. The van der Waals surface area contributed by atoms with E-state index in [1.807, 2.05) is 24.4 Å². The topological polar surface area (TPSA) is 270 Å². The molecule has 4 rings (SSSR count). The number of unbranched alkanes of at least 4 members (excludes halogenated alkanes) is 2. The van der Waals surface area contributed by atoms with E-state index in [0.717, 1.165) is 10.4 Å². The van der Waals surface area contributed by atoms with Gasteiger partial charge in [0.2, 0.25) is 0 Å². The Kier molecular flexibility index (Phi) is 27.6. The van der Waals surface area contributed by atoms with Crippen molar-refractivity contribution < 1.29 is 73.5 Å². The fraction of sp³-hybridized carbons (Fsp3) is 0.280. The number of imide groups is 1. The van der Waals surface area contributed by atoms with Gasteiger partial charge in [-0.25, -0.2) is 0 Å². The summed E-state index contributed by atoms with van der Waals surface area (Å²) in [6, 6.07) is 16.6. The van der Waals surface area contributed by atoms with Crippen molar-refractivity contribution in [3.8, 4) is 0 Å². The fourth-order valence-electron chi connectivity index (χ4n) is 3.18. The first-order valence-corrected chi connectivity index (χ1v) is 11.2. The summed E-state index contributed by atoms with van der Waals surface area (Å²) in [6.45, 7) is -0.613. The van der Waals surface area contributed by atoms with Gasteiger partial charge >= 0.3 is 21.1 Å². The molecule has 0 radical (unpaired) electrons. The smallest absolute Gasteiger partial charge is 1.00 e. The van der Waals surface area contributed by atoms with Gasteiger partial charge in [0, 0.05) is 41.6 Å². The molecule has 0 saturated carbocycles. The van der Waals surface area contributed by atoms with Crippen LogP contribution in [0.1, 0.15) is 25.7 Å². The first-order valence-electron chi connectivity index (χ1n) is 11.2. The molecule has 14 nitrogen and oxygen atoms in total. The predicted octanol–water partition coefficient (Wildman–Crippen LogP) is -2.71. The van der Waals surface area contributed by atoms with Crippen LogP contribution in [-0.4, -0.2) is 57.7 Å². The Morgan fingerprint density at radius 2 is 1.37 bits per heavy atom. The number of hydrogen-bond donors (Lipinski definition) is 3. The number of halogens is 1. The molecule has 0 fully saturated rings. The molecule has 2 aromatic carbocycles. The van der Waals surface area contributed by atoms with Crippen LogP contribution in [0.3, 0.4) is 0 Å². The molecular weight excluding hydrogens is 745 g/mol. The first-order chi connectivity index (χ1) is 17.7.